The minimum absolute atomic E-state index is 0.115. The normalized spacial score (nSPS) is 16.5. The first-order valence-electron chi connectivity index (χ1n) is 7.94. The second-order valence-corrected chi connectivity index (χ2v) is 6.41. The molecule has 0 fully saturated rings. The summed E-state index contributed by atoms with van der Waals surface area (Å²) in [5, 5.41) is 3.87. The number of aryl methyl sites for hydroxylation is 1. The van der Waals surface area contributed by atoms with Crippen LogP contribution >= 0.6 is 11.8 Å². The van der Waals surface area contributed by atoms with Crippen molar-refractivity contribution in [3.05, 3.63) is 65.7 Å². The summed E-state index contributed by atoms with van der Waals surface area (Å²) < 4.78 is 5.33. The molecule has 24 heavy (non-hydrogen) atoms. The van der Waals surface area contributed by atoms with Gasteiger partial charge in [0, 0.05) is 0 Å². The third-order valence-electron chi connectivity index (χ3n) is 3.94. The molecule has 1 amide bonds. The van der Waals surface area contributed by atoms with Gasteiger partial charge in [0.15, 0.2) is 0 Å². The number of thioether (sulfide) groups is 1. The minimum atomic E-state index is -0.406. The third-order valence-corrected chi connectivity index (χ3v) is 4.73. The lowest BCUT2D eigenvalue weighted by Gasteiger charge is -2.17. The van der Waals surface area contributed by atoms with Crippen LogP contribution in [0.25, 0.3) is 0 Å². The van der Waals surface area contributed by atoms with Crippen LogP contribution in [0.1, 0.15) is 17.5 Å². The van der Waals surface area contributed by atoms with Crippen molar-refractivity contribution in [2.75, 3.05) is 6.26 Å². The number of alkyl carbamates (subject to hydrolysis) is 1. The molecule has 0 radical (unpaired) electrons. The first kappa shape index (κ1) is 16.6. The third kappa shape index (κ3) is 4.17. The molecule has 0 aliphatic carbocycles. The van der Waals surface area contributed by atoms with E-state index < -0.39 is 6.09 Å². The molecule has 1 aliphatic rings. The number of aliphatic imine (C=N–C) groups is 1. The highest BCUT2D eigenvalue weighted by Crippen LogP contribution is 2.27. The summed E-state index contributed by atoms with van der Waals surface area (Å²) in [5.41, 5.74) is 3.18. The average molecular weight is 340 g/mol. The average Bonchev–Trinajstić information content (AvgIpc) is 2.80. The van der Waals surface area contributed by atoms with Crippen molar-refractivity contribution < 1.29 is 9.53 Å². The van der Waals surface area contributed by atoms with Crippen molar-refractivity contribution in [1.82, 2.24) is 5.32 Å². The van der Waals surface area contributed by atoms with Crippen LogP contribution in [0.15, 0.2) is 59.6 Å². The molecule has 5 heteroatoms. The molecule has 0 saturated heterocycles. The van der Waals surface area contributed by atoms with Crippen LogP contribution < -0.4 is 5.32 Å². The highest BCUT2D eigenvalue weighted by molar-refractivity contribution is 8.13. The molecule has 3 rings (SSSR count). The molecule has 1 heterocycles. The quantitative estimate of drug-likeness (QED) is 0.905. The van der Waals surface area contributed by atoms with Crippen LogP contribution in [0.4, 0.5) is 10.5 Å². The highest BCUT2D eigenvalue weighted by atomic mass is 32.2. The van der Waals surface area contributed by atoms with E-state index in [0.717, 1.165) is 29.1 Å². The van der Waals surface area contributed by atoms with Gasteiger partial charge in [0.25, 0.3) is 0 Å². The Kier molecular flexibility index (Phi) is 5.54. The Morgan fingerprint density at radius 1 is 1.21 bits per heavy atom. The van der Waals surface area contributed by atoms with E-state index in [4.69, 9.17) is 9.73 Å². The van der Waals surface area contributed by atoms with Gasteiger partial charge in [0.05, 0.1) is 16.8 Å². The number of carbonyl (C=O) groups excluding carboxylic acids is 1. The molecule has 2 aromatic carbocycles. The molecule has 0 spiro atoms. The summed E-state index contributed by atoms with van der Waals surface area (Å²) >= 11 is 1.57. The van der Waals surface area contributed by atoms with Gasteiger partial charge in [0.1, 0.15) is 6.61 Å². The summed E-state index contributed by atoms with van der Waals surface area (Å²) in [7, 11) is 0. The highest BCUT2D eigenvalue weighted by Gasteiger charge is 2.22. The van der Waals surface area contributed by atoms with E-state index >= 15 is 0 Å². The van der Waals surface area contributed by atoms with Gasteiger partial charge in [-0.2, -0.15) is 0 Å². The lowest BCUT2D eigenvalue weighted by Crippen LogP contribution is -2.39. The number of rotatable bonds is 3. The van der Waals surface area contributed by atoms with Crippen LogP contribution in [0.5, 0.6) is 0 Å². The van der Waals surface area contributed by atoms with Crippen LogP contribution in [0, 0.1) is 0 Å². The number of para-hydroxylation sites is 1. The molecule has 1 aliphatic heterocycles. The predicted octanol–water partition coefficient (Wildman–Crippen LogP) is 4.32. The molecule has 0 saturated carbocycles. The van der Waals surface area contributed by atoms with E-state index in [2.05, 4.69) is 11.4 Å². The lowest BCUT2D eigenvalue weighted by atomic mass is 10.1. The summed E-state index contributed by atoms with van der Waals surface area (Å²) in [6.07, 6.45) is 3.28. The van der Waals surface area contributed by atoms with Crippen LogP contribution in [0.2, 0.25) is 0 Å². The summed E-state index contributed by atoms with van der Waals surface area (Å²) in [6, 6.07) is 17.7. The Morgan fingerprint density at radius 2 is 1.96 bits per heavy atom. The van der Waals surface area contributed by atoms with Crippen molar-refractivity contribution in [3.8, 4) is 0 Å². The van der Waals surface area contributed by atoms with Gasteiger partial charge in [-0.25, -0.2) is 9.79 Å². The first-order chi connectivity index (χ1) is 11.8. The smallest absolute Gasteiger partial charge is 0.408 e. The maximum Gasteiger partial charge on any atom is 0.408 e. The second kappa shape index (κ2) is 8.02. The molecule has 1 N–H and O–H groups in total. The van der Waals surface area contributed by atoms with Gasteiger partial charge in [-0.15, -0.1) is 11.8 Å². The van der Waals surface area contributed by atoms with Gasteiger partial charge >= 0.3 is 6.09 Å². The van der Waals surface area contributed by atoms with E-state index in [1.54, 1.807) is 11.8 Å². The topological polar surface area (TPSA) is 50.7 Å². The molecular weight excluding hydrogens is 320 g/mol. The number of nitrogens with one attached hydrogen (secondary N) is 1. The van der Waals surface area contributed by atoms with Crippen molar-refractivity contribution in [3.63, 3.8) is 0 Å². The van der Waals surface area contributed by atoms with Gasteiger partial charge in [0.2, 0.25) is 0 Å². The van der Waals surface area contributed by atoms with Crippen molar-refractivity contribution in [1.29, 1.82) is 0 Å². The van der Waals surface area contributed by atoms with Crippen molar-refractivity contribution >= 4 is 28.6 Å². The number of hydrogen-bond acceptors (Lipinski definition) is 4. The van der Waals surface area contributed by atoms with E-state index in [1.165, 1.54) is 5.56 Å². The van der Waals surface area contributed by atoms with E-state index in [9.17, 15) is 4.79 Å². The maximum absolute atomic E-state index is 12.1. The fraction of sp³-hybridized carbons (Fsp3) is 0.263. The molecule has 124 valence electrons. The molecule has 1 atom stereocenters. The van der Waals surface area contributed by atoms with Crippen LogP contribution in [-0.2, 0) is 17.8 Å². The van der Waals surface area contributed by atoms with E-state index in [1.807, 2.05) is 54.8 Å². The zero-order chi connectivity index (χ0) is 16.8. The number of nitrogens with zero attached hydrogens (tertiary/aromatic N) is 1. The van der Waals surface area contributed by atoms with Gasteiger partial charge < -0.3 is 10.1 Å². The SMILES string of the molecule is CSC1=Nc2ccccc2CCC1NC(=O)OCc1ccccc1. The second-order valence-electron chi connectivity index (χ2n) is 5.58. The Bertz CT molecular complexity index is 731. The Hall–Kier alpha value is -2.27. The minimum Gasteiger partial charge on any atom is -0.445 e. The monoisotopic (exact) mass is 340 g/mol. The van der Waals surface area contributed by atoms with Crippen molar-refractivity contribution in [2.24, 2.45) is 4.99 Å². The Balaban J connectivity index is 1.63. The van der Waals surface area contributed by atoms with Gasteiger partial charge in [-0.1, -0.05) is 48.5 Å². The van der Waals surface area contributed by atoms with E-state index in [-0.39, 0.29) is 12.6 Å². The fourth-order valence-corrected chi connectivity index (χ4v) is 3.33. The van der Waals surface area contributed by atoms with Gasteiger partial charge in [-0.05, 0) is 36.3 Å². The van der Waals surface area contributed by atoms with Crippen LogP contribution in [0.3, 0.4) is 0 Å². The number of ether oxygens (including phenoxy) is 1. The predicted molar refractivity (Wildman–Crippen MR) is 98.9 cm³/mol. The number of benzene rings is 2. The molecular formula is C19H20N2O2S. The van der Waals surface area contributed by atoms with Crippen LogP contribution in [-0.4, -0.2) is 23.4 Å². The number of carbonyl (C=O) groups is 1. The number of fused-ring (bicyclic) bond motifs is 1. The zero-order valence-electron chi connectivity index (χ0n) is 13.6. The van der Waals surface area contributed by atoms with Gasteiger partial charge in [-0.3, -0.25) is 0 Å². The molecule has 1 unspecified atom stereocenters. The summed E-state index contributed by atoms with van der Waals surface area (Å²) in [4.78, 5) is 16.9. The molecule has 0 bridgehead atoms. The number of hydrogen-bond donors (Lipinski definition) is 1. The first-order valence-corrected chi connectivity index (χ1v) is 9.16. The molecule has 2 aromatic rings. The standard InChI is InChI=1S/C19H20N2O2S/c1-24-18-17(12-11-15-9-5-6-10-16(15)20-18)21-19(22)23-13-14-7-3-2-4-8-14/h2-10,17H,11-13H2,1H3,(H,21,22). The summed E-state index contributed by atoms with van der Waals surface area (Å²) in [6.45, 7) is 0.269. The maximum atomic E-state index is 12.1. The lowest BCUT2D eigenvalue weighted by molar-refractivity contribution is 0.138. The number of amides is 1. The fourth-order valence-electron chi connectivity index (χ4n) is 2.68. The largest absolute Gasteiger partial charge is 0.445 e. The van der Waals surface area contributed by atoms with E-state index in [0.29, 0.717) is 0 Å². The zero-order valence-corrected chi connectivity index (χ0v) is 14.4. The molecule has 0 aromatic heterocycles. The Morgan fingerprint density at radius 3 is 2.75 bits per heavy atom. The summed E-state index contributed by atoms with van der Waals surface area (Å²) in [5.74, 6) is 0. The molecule has 4 nitrogen and oxygen atoms in total. The Labute approximate surface area is 146 Å². The van der Waals surface area contributed by atoms with Crippen molar-refractivity contribution in [2.45, 2.75) is 25.5 Å².